The summed E-state index contributed by atoms with van der Waals surface area (Å²) < 4.78 is 6.42. The highest BCUT2D eigenvalue weighted by Gasteiger charge is 2.21. The van der Waals surface area contributed by atoms with Crippen LogP contribution in [0.4, 0.5) is 0 Å². The summed E-state index contributed by atoms with van der Waals surface area (Å²) in [4.78, 5) is 5.11. The molecular weight excluding hydrogens is 342 g/mol. The first-order chi connectivity index (χ1) is 13.4. The maximum Gasteiger partial charge on any atom is 0.217 e. The van der Waals surface area contributed by atoms with Crippen molar-refractivity contribution in [3.63, 3.8) is 0 Å². The first-order valence-electron chi connectivity index (χ1n) is 11.0. The van der Waals surface area contributed by atoms with Gasteiger partial charge in [0.25, 0.3) is 0 Å². The lowest BCUT2D eigenvalue weighted by Crippen LogP contribution is -2.24. The molecule has 2 nitrogen and oxygen atoms in total. The van der Waals surface area contributed by atoms with Crippen LogP contribution in [-0.2, 0) is 12.8 Å². The molecule has 3 rings (SSSR count). The number of pyridine rings is 1. The van der Waals surface area contributed by atoms with Gasteiger partial charge in [0.1, 0.15) is 5.60 Å². The van der Waals surface area contributed by atoms with Crippen molar-refractivity contribution < 1.29 is 4.74 Å². The highest BCUT2D eigenvalue weighted by atomic mass is 16.5. The average Bonchev–Trinajstić information content (AvgIpc) is 2.66. The van der Waals surface area contributed by atoms with E-state index in [1.807, 2.05) is 0 Å². The predicted octanol–water partition coefficient (Wildman–Crippen LogP) is 7.64. The van der Waals surface area contributed by atoms with Gasteiger partial charge in [-0.05, 0) is 57.4 Å². The van der Waals surface area contributed by atoms with Gasteiger partial charge in [-0.1, -0.05) is 69.5 Å². The van der Waals surface area contributed by atoms with Gasteiger partial charge in [-0.15, -0.1) is 0 Å². The maximum absolute atomic E-state index is 6.42. The Morgan fingerprint density at radius 1 is 0.786 bits per heavy atom. The SMILES string of the molecule is CCCCCc1c(CCCC)c(OC(C)(C)C)nc2c1ccc1ccccc12. The summed E-state index contributed by atoms with van der Waals surface area (Å²) in [6.07, 6.45) is 8.21. The van der Waals surface area contributed by atoms with Crippen molar-refractivity contribution in [2.45, 2.75) is 85.2 Å². The fourth-order valence-corrected chi connectivity index (χ4v) is 3.90. The third-order valence-electron chi connectivity index (χ3n) is 5.28. The fraction of sp³-hybridized carbons (Fsp3) is 0.500. The molecule has 0 spiro atoms. The van der Waals surface area contributed by atoms with Crippen LogP contribution in [0.25, 0.3) is 21.7 Å². The van der Waals surface area contributed by atoms with E-state index < -0.39 is 0 Å². The number of aromatic nitrogens is 1. The molecule has 0 bridgehead atoms. The Kier molecular flexibility index (Phi) is 6.59. The van der Waals surface area contributed by atoms with Crippen molar-refractivity contribution in [2.24, 2.45) is 0 Å². The zero-order chi connectivity index (χ0) is 20.1. The smallest absolute Gasteiger partial charge is 0.217 e. The molecule has 0 unspecified atom stereocenters. The highest BCUT2D eigenvalue weighted by Crippen LogP contribution is 2.35. The summed E-state index contributed by atoms with van der Waals surface area (Å²) in [7, 11) is 0. The second kappa shape index (κ2) is 8.94. The predicted molar refractivity (Wildman–Crippen MR) is 121 cm³/mol. The Bertz CT molecular complexity index is 936. The summed E-state index contributed by atoms with van der Waals surface area (Å²) in [5, 5.41) is 3.77. The Morgan fingerprint density at radius 3 is 2.21 bits per heavy atom. The Morgan fingerprint density at radius 2 is 1.50 bits per heavy atom. The number of unbranched alkanes of at least 4 members (excludes halogenated alkanes) is 3. The lowest BCUT2D eigenvalue weighted by atomic mass is 9.93. The number of aryl methyl sites for hydroxylation is 1. The molecule has 0 radical (unpaired) electrons. The molecule has 0 aliphatic carbocycles. The zero-order valence-corrected chi connectivity index (χ0v) is 18.3. The van der Waals surface area contributed by atoms with Crippen LogP contribution in [-0.4, -0.2) is 10.6 Å². The molecular formula is C26H35NO. The van der Waals surface area contributed by atoms with E-state index in [0.29, 0.717) is 0 Å². The Labute approximate surface area is 170 Å². The molecule has 1 aromatic heterocycles. The summed E-state index contributed by atoms with van der Waals surface area (Å²) in [6.45, 7) is 10.9. The molecule has 0 N–H and O–H groups in total. The van der Waals surface area contributed by atoms with Gasteiger partial charge >= 0.3 is 0 Å². The lowest BCUT2D eigenvalue weighted by Gasteiger charge is -2.25. The van der Waals surface area contributed by atoms with Gasteiger partial charge in [0, 0.05) is 16.3 Å². The first-order valence-corrected chi connectivity index (χ1v) is 11.0. The standard InChI is InChI=1S/C26H35NO/c1-6-8-10-16-21-22-18-17-19-13-11-12-15-20(19)24(22)27-25(28-26(3,4)5)23(21)14-9-7-2/h11-13,15,17-18H,6-10,14,16H2,1-5H3. The number of fused-ring (bicyclic) bond motifs is 3. The van der Waals surface area contributed by atoms with Gasteiger partial charge in [-0.25, -0.2) is 4.98 Å². The second-order valence-electron chi connectivity index (χ2n) is 8.83. The molecule has 28 heavy (non-hydrogen) atoms. The average molecular weight is 378 g/mol. The molecule has 2 heteroatoms. The van der Waals surface area contributed by atoms with Crippen molar-refractivity contribution in [3.05, 3.63) is 47.5 Å². The van der Waals surface area contributed by atoms with E-state index in [2.05, 4.69) is 71.0 Å². The van der Waals surface area contributed by atoms with Crippen LogP contribution in [0.3, 0.4) is 0 Å². The van der Waals surface area contributed by atoms with Gasteiger partial charge in [-0.3, -0.25) is 0 Å². The normalized spacial score (nSPS) is 12.0. The van der Waals surface area contributed by atoms with Crippen molar-refractivity contribution in [3.8, 4) is 5.88 Å². The van der Waals surface area contributed by atoms with Crippen LogP contribution in [0.2, 0.25) is 0 Å². The van der Waals surface area contributed by atoms with Crippen LogP contribution in [0, 0.1) is 0 Å². The summed E-state index contributed by atoms with van der Waals surface area (Å²) in [6, 6.07) is 13.1. The largest absolute Gasteiger partial charge is 0.472 e. The molecule has 3 aromatic rings. The second-order valence-corrected chi connectivity index (χ2v) is 8.83. The summed E-state index contributed by atoms with van der Waals surface area (Å²) in [5.41, 5.74) is 3.61. The van der Waals surface area contributed by atoms with E-state index in [1.165, 1.54) is 59.4 Å². The van der Waals surface area contributed by atoms with Crippen LogP contribution < -0.4 is 4.74 Å². The molecule has 0 saturated heterocycles. The third-order valence-corrected chi connectivity index (χ3v) is 5.28. The van der Waals surface area contributed by atoms with Crippen molar-refractivity contribution in [1.29, 1.82) is 0 Å². The number of nitrogens with zero attached hydrogens (tertiary/aromatic N) is 1. The number of hydrogen-bond donors (Lipinski definition) is 0. The number of benzene rings is 2. The Balaban J connectivity index is 2.27. The molecule has 0 fully saturated rings. The minimum atomic E-state index is -0.257. The van der Waals surface area contributed by atoms with E-state index in [9.17, 15) is 0 Å². The van der Waals surface area contributed by atoms with Crippen molar-refractivity contribution in [1.82, 2.24) is 4.98 Å². The number of rotatable bonds is 8. The minimum Gasteiger partial charge on any atom is -0.472 e. The van der Waals surface area contributed by atoms with Crippen LogP contribution in [0.5, 0.6) is 5.88 Å². The highest BCUT2D eigenvalue weighted by molar-refractivity contribution is 6.06. The number of ether oxygens (including phenoxy) is 1. The van der Waals surface area contributed by atoms with Crippen molar-refractivity contribution >= 4 is 21.7 Å². The lowest BCUT2D eigenvalue weighted by molar-refractivity contribution is 0.123. The number of hydrogen-bond acceptors (Lipinski definition) is 2. The van der Waals surface area contributed by atoms with Crippen molar-refractivity contribution in [2.75, 3.05) is 0 Å². The molecule has 0 saturated carbocycles. The molecule has 0 aliphatic heterocycles. The molecule has 0 atom stereocenters. The van der Waals surface area contributed by atoms with Gasteiger partial charge in [0.15, 0.2) is 0 Å². The molecule has 1 heterocycles. The molecule has 150 valence electrons. The minimum absolute atomic E-state index is 0.257. The van der Waals surface area contributed by atoms with E-state index in [4.69, 9.17) is 9.72 Å². The van der Waals surface area contributed by atoms with E-state index in [1.54, 1.807) is 0 Å². The van der Waals surface area contributed by atoms with Gasteiger partial charge in [0.2, 0.25) is 5.88 Å². The van der Waals surface area contributed by atoms with Crippen LogP contribution in [0.1, 0.15) is 77.8 Å². The van der Waals surface area contributed by atoms with Gasteiger partial charge in [0.05, 0.1) is 5.52 Å². The summed E-state index contributed by atoms with van der Waals surface area (Å²) in [5.74, 6) is 0.844. The first kappa shape index (κ1) is 20.6. The molecule has 2 aromatic carbocycles. The monoisotopic (exact) mass is 377 g/mol. The molecule has 0 amide bonds. The third kappa shape index (κ3) is 4.66. The van der Waals surface area contributed by atoms with Gasteiger partial charge in [-0.2, -0.15) is 0 Å². The van der Waals surface area contributed by atoms with E-state index in [0.717, 1.165) is 24.2 Å². The maximum atomic E-state index is 6.42. The van der Waals surface area contributed by atoms with Crippen LogP contribution in [0.15, 0.2) is 36.4 Å². The molecule has 0 aliphatic rings. The van der Waals surface area contributed by atoms with E-state index in [-0.39, 0.29) is 5.60 Å². The fourth-order valence-electron chi connectivity index (χ4n) is 3.90. The van der Waals surface area contributed by atoms with E-state index >= 15 is 0 Å². The topological polar surface area (TPSA) is 22.1 Å². The van der Waals surface area contributed by atoms with Gasteiger partial charge < -0.3 is 4.74 Å². The Hall–Kier alpha value is -2.09. The quantitative estimate of drug-likeness (QED) is 0.297. The summed E-state index contributed by atoms with van der Waals surface area (Å²) >= 11 is 0. The zero-order valence-electron chi connectivity index (χ0n) is 18.3. The van der Waals surface area contributed by atoms with Crippen LogP contribution >= 0.6 is 0 Å².